The lowest BCUT2D eigenvalue weighted by molar-refractivity contribution is -0.0519. The van der Waals surface area contributed by atoms with Crippen LogP contribution in [0.2, 0.25) is 0 Å². The van der Waals surface area contributed by atoms with E-state index >= 15 is 0 Å². The molecular weight excluding hydrogens is 862 g/mol. The van der Waals surface area contributed by atoms with E-state index < -0.39 is 31.3 Å². The lowest BCUT2D eigenvalue weighted by atomic mass is 10.0. The molecule has 0 fully saturated rings. The summed E-state index contributed by atoms with van der Waals surface area (Å²) in [6.45, 7) is 2.15. The van der Waals surface area contributed by atoms with Crippen molar-refractivity contribution in [2.45, 2.75) is 42.4 Å². The second-order valence-corrected chi connectivity index (χ2v) is 17.0. The number of alkyl halides is 6. The number of rotatable bonds is 6. The maximum atomic E-state index is 10.7. The third-order valence-electron chi connectivity index (χ3n) is 6.12. The molecule has 0 amide bonds. The summed E-state index contributed by atoms with van der Waals surface area (Å²) in [7, 11) is -12.0. The first-order valence-electron chi connectivity index (χ1n) is 13.7. The highest BCUT2D eigenvalue weighted by molar-refractivity contribution is 14.1. The van der Waals surface area contributed by atoms with Crippen molar-refractivity contribution >= 4 is 65.5 Å². The molecule has 0 unspecified atom stereocenters. The maximum absolute atomic E-state index is 10.7. The van der Waals surface area contributed by atoms with E-state index in [1.807, 2.05) is 11.8 Å². The van der Waals surface area contributed by atoms with Gasteiger partial charge in [0.1, 0.15) is 0 Å². The van der Waals surface area contributed by atoms with E-state index in [4.69, 9.17) is 25.9 Å². The van der Waals surface area contributed by atoms with E-state index in [9.17, 15) is 26.3 Å². The van der Waals surface area contributed by atoms with Crippen LogP contribution in [0.4, 0.5) is 26.3 Å². The van der Waals surface area contributed by atoms with Crippen LogP contribution in [0, 0.1) is 10.5 Å². The zero-order valence-corrected chi connectivity index (χ0v) is 30.8. The summed E-state index contributed by atoms with van der Waals surface area (Å²) in [6, 6.07) is 46.2. The predicted octanol–water partition coefficient (Wildman–Crippen LogP) is 9.96. The Morgan fingerprint density at radius 3 is 1.40 bits per heavy atom. The van der Waals surface area contributed by atoms with Crippen molar-refractivity contribution in [3.8, 4) is 11.1 Å². The summed E-state index contributed by atoms with van der Waals surface area (Å²) in [5.41, 5.74) is -7.32. The fraction of sp³-hybridized carbons (Fsp3) is 0.0909. The molecule has 0 bridgehead atoms. The molecule has 6 nitrogen and oxygen atoms in total. The lowest BCUT2D eigenvalue weighted by Crippen LogP contribution is -2.21. The zero-order valence-electron chi connectivity index (χ0n) is 25.4. The number of aryl methyl sites for hydroxylation is 1. The molecule has 5 aromatic carbocycles. The van der Waals surface area contributed by atoms with Crippen LogP contribution < -0.4 is 0 Å². The van der Waals surface area contributed by atoms with Gasteiger partial charge < -0.3 is 4.55 Å². The largest absolute Gasteiger partial charge is 0.741 e. The number of hydrogen-bond donors (Lipinski definition) is 1. The smallest absolute Gasteiger partial charge is 0.522 e. The molecule has 0 spiro atoms. The van der Waals surface area contributed by atoms with E-state index in [0.717, 1.165) is 0 Å². The van der Waals surface area contributed by atoms with Crippen LogP contribution in [-0.2, 0) is 31.1 Å². The number of halogens is 7. The Kier molecular flexibility index (Phi) is 14.4. The van der Waals surface area contributed by atoms with Crippen LogP contribution in [0.5, 0.6) is 0 Å². The Balaban J connectivity index is 0.000000352. The lowest BCUT2D eigenvalue weighted by Gasteiger charge is -2.09. The molecular formula is C33H25F6IO6S4. The Morgan fingerprint density at radius 2 is 1.02 bits per heavy atom. The first kappa shape index (κ1) is 41.4. The van der Waals surface area contributed by atoms with Gasteiger partial charge in [0.05, 0.1) is 10.9 Å². The van der Waals surface area contributed by atoms with Gasteiger partial charge in [-0.2, -0.15) is 34.8 Å². The first-order chi connectivity index (χ1) is 23.2. The van der Waals surface area contributed by atoms with E-state index in [-0.39, 0.29) is 10.9 Å². The molecule has 0 aliphatic carbocycles. The van der Waals surface area contributed by atoms with Gasteiger partial charge in [-0.1, -0.05) is 78.0 Å². The summed E-state index contributed by atoms with van der Waals surface area (Å²) in [5.74, 6) is 0. The minimum absolute atomic E-state index is 0.108. The Morgan fingerprint density at radius 1 is 0.640 bits per heavy atom. The molecule has 0 aliphatic rings. The number of benzene rings is 5. The molecule has 0 saturated carbocycles. The molecule has 0 saturated heterocycles. The average Bonchev–Trinajstić information content (AvgIpc) is 3.03. The molecule has 0 heterocycles. The van der Waals surface area contributed by atoms with Gasteiger partial charge in [0, 0.05) is 13.4 Å². The monoisotopic (exact) mass is 886 g/mol. The van der Waals surface area contributed by atoms with Crippen molar-refractivity contribution in [2.24, 2.45) is 0 Å². The summed E-state index contributed by atoms with van der Waals surface area (Å²) in [5, 5.41) is 0. The molecule has 5 rings (SSSR count). The van der Waals surface area contributed by atoms with Crippen LogP contribution in [-0.4, -0.2) is 37.0 Å². The highest BCUT2D eigenvalue weighted by Crippen LogP contribution is 2.35. The van der Waals surface area contributed by atoms with E-state index in [2.05, 4.69) is 157 Å². The first-order valence-corrected chi connectivity index (χ1v) is 19.7. The van der Waals surface area contributed by atoms with Gasteiger partial charge in [-0.25, -0.2) is 8.42 Å². The van der Waals surface area contributed by atoms with E-state index in [1.165, 1.54) is 44.7 Å². The quantitative estimate of drug-likeness (QED) is 0.0594. The second kappa shape index (κ2) is 17.4. The van der Waals surface area contributed by atoms with Crippen molar-refractivity contribution in [2.75, 3.05) is 0 Å². The molecule has 0 radical (unpaired) electrons. The van der Waals surface area contributed by atoms with Crippen LogP contribution in [0.3, 0.4) is 0 Å². The molecule has 50 heavy (non-hydrogen) atoms. The van der Waals surface area contributed by atoms with Crippen molar-refractivity contribution < 1.29 is 52.3 Å². The maximum Gasteiger partial charge on any atom is 0.522 e. The van der Waals surface area contributed by atoms with Crippen LogP contribution in [0.15, 0.2) is 152 Å². The van der Waals surface area contributed by atoms with Crippen molar-refractivity contribution in [1.82, 2.24) is 0 Å². The molecule has 0 aromatic heterocycles. The molecule has 17 heteroatoms. The fourth-order valence-electron chi connectivity index (χ4n) is 3.86. The van der Waals surface area contributed by atoms with Gasteiger partial charge in [0.15, 0.2) is 24.8 Å². The standard InChI is InChI=1S/C31H24IS2.2CHF3O3S/c1-23-12-21-31(32)30(22-23)24-13-15-25(16-14-24)33-26-17-19-29(20-18-26)34(27-8-4-2-5-9-27)28-10-6-3-7-11-28;2*2-1(3,4)8(5,6)7/h2-22H,1H3;2*(H,5,6,7)/q+1;;/p-1. The summed E-state index contributed by atoms with van der Waals surface area (Å²) in [4.78, 5) is 6.53. The second-order valence-electron chi connectivity index (χ2n) is 9.83. The van der Waals surface area contributed by atoms with Crippen LogP contribution in [0.1, 0.15) is 5.56 Å². The summed E-state index contributed by atoms with van der Waals surface area (Å²) < 4.78 is 118. The van der Waals surface area contributed by atoms with Gasteiger partial charge in [-0.15, -0.1) is 0 Å². The zero-order chi connectivity index (χ0) is 37.3. The van der Waals surface area contributed by atoms with E-state index in [0.29, 0.717) is 0 Å². The van der Waals surface area contributed by atoms with Gasteiger partial charge in [-0.3, -0.25) is 4.55 Å². The molecule has 266 valence electrons. The van der Waals surface area contributed by atoms with Gasteiger partial charge in [-0.05, 0) is 107 Å². The van der Waals surface area contributed by atoms with Crippen LogP contribution >= 0.6 is 34.4 Å². The SMILES string of the molecule is Cc1ccc(I)c(-c2ccc(Sc3ccc([S+](c4ccccc4)c4ccccc4)cc3)cc2)c1.O=S(=O)(O)C(F)(F)F.O=S(=O)([O-])C(F)(F)F. The topological polar surface area (TPSA) is 112 Å². The molecule has 1 N–H and O–H groups in total. The fourth-order valence-corrected chi connectivity index (χ4v) is 7.41. The van der Waals surface area contributed by atoms with Crippen molar-refractivity contribution in [3.63, 3.8) is 0 Å². The third kappa shape index (κ3) is 12.3. The highest BCUT2D eigenvalue weighted by Gasteiger charge is 2.44. The molecule has 0 aliphatic heterocycles. The highest BCUT2D eigenvalue weighted by atomic mass is 127. The Hall–Kier alpha value is -3.07. The predicted molar refractivity (Wildman–Crippen MR) is 188 cm³/mol. The molecule has 0 atom stereocenters. The normalized spacial score (nSPS) is 12.0. The van der Waals surface area contributed by atoms with Crippen molar-refractivity contribution in [3.05, 3.63) is 137 Å². The van der Waals surface area contributed by atoms with Crippen LogP contribution in [0.25, 0.3) is 11.1 Å². The van der Waals surface area contributed by atoms with Gasteiger partial charge >= 0.3 is 21.1 Å². The van der Waals surface area contributed by atoms with Crippen molar-refractivity contribution in [1.29, 1.82) is 0 Å². The number of hydrogen-bond acceptors (Lipinski definition) is 6. The minimum Gasteiger partial charge on any atom is -0.741 e. The van der Waals surface area contributed by atoms with Gasteiger partial charge in [0.2, 0.25) is 0 Å². The average molecular weight is 887 g/mol. The van der Waals surface area contributed by atoms with E-state index in [1.54, 1.807) is 0 Å². The summed E-state index contributed by atoms with van der Waals surface area (Å²) in [6.07, 6.45) is 0. The van der Waals surface area contributed by atoms with Gasteiger partial charge in [0.25, 0.3) is 0 Å². The minimum atomic E-state index is -6.09. The summed E-state index contributed by atoms with van der Waals surface area (Å²) >= 11 is 4.23. The molecule has 5 aromatic rings. The third-order valence-corrected chi connectivity index (χ3v) is 11.5. The Bertz CT molecular complexity index is 1980. The Labute approximate surface area is 305 Å².